The van der Waals surface area contributed by atoms with Crippen molar-refractivity contribution in [1.29, 1.82) is 0 Å². The molecular formula is C12H22N2O3S2. The van der Waals surface area contributed by atoms with E-state index in [1.165, 1.54) is 11.3 Å². The molecule has 0 saturated heterocycles. The molecule has 1 aromatic rings. The van der Waals surface area contributed by atoms with Crippen LogP contribution < -0.4 is 10.5 Å². The maximum absolute atomic E-state index is 11.9. The number of nitrogens with two attached hydrogens (primary N) is 1. The number of nitrogens with one attached hydrogen (secondary N) is 1. The fourth-order valence-corrected chi connectivity index (χ4v) is 3.53. The van der Waals surface area contributed by atoms with Crippen LogP contribution in [0.3, 0.4) is 0 Å². The zero-order valence-electron chi connectivity index (χ0n) is 11.4. The first-order valence-corrected chi connectivity index (χ1v) is 8.67. The maximum atomic E-state index is 11.9. The Morgan fingerprint density at radius 2 is 2.16 bits per heavy atom. The van der Waals surface area contributed by atoms with E-state index in [-0.39, 0.29) is 11.4 Å². The minimum absolute atomic E-state index is 0.278. The summed E-state index contributed by atoms with van der Waals surface area (Å²) in [6, 6.07) is 1.60. The molecule has 1 aromatic heterocycles. The molecule has 5 nitrogen and oxygen atoms in total. The molecule has 0 aromatic carbocycles. The highest BCUT2D eigenvalue weighted by Gasteiger charge is 2.15. The second kappa shape index (κ2) is 7.96. The first-order chi connectivity index (χ1) is 8.95. The van der Waals surface area contributed by atoms with Gasteiger partial charge < -0.3 is 10.5 Å². The summed E-state index contributed by atoms with van der Waals surface area (Å²) in [7, 11) is -3.43. The van der Waals surface area contributed by atoms with E-state index in [0.717, 1.165) is 11.3 Å². The van der Waals surface area contributed by atoms with Crippen LogP contribution in [-0.2, 0) is 21.3 Å². The van der Waals surface area contributed by atoms with Crippen LogP contribution in [0.4, 0.5) is 0 Å². The second-order valence-electron chi connectivity index (χ2n) is 4.65. The van der Waals surface area contributed by atoms with E-state index >= 15 is 0 Å². The summed E-state index contributed by atoms with van der Waals surface area (Å²) in [5.41, 5.74) is 5.46. The molecule has 0 bridgehead atoms. The highest BCUT2D eigenvalue weighted by Crippen LogP contribution is 2.18. The van der Waals surface area contributed by atoms with Crippen molar-refractivity contribution in [2.75, 3.05) is 19.8 Å². The first-order valence-electron chi connectivity index (χ1n) is 6.30. The Kier molecular flexibility index (Phi) is 6.95. The topological polar surface area (TPSA) is 81.4 Å². The zero-order valence-corrected chi connectivity index (χ0v) is 13.0. The third kappa shape index (κ3) is 6.01. The lowest BCUT2D eigenvalue weighted by molar-refractivity contribution is 0.128. The summed E-state index contributed by atoms with van der Waals surface area (Å²) < 4.78 is 31.7. The quantitative estimate of drug-likeness (QED) is 0.678. The van der Waals surface area contributed by atoms with Gasteiger partial charge in [-0.2, -0.15) is 0 Å². The van der Waals surface area contributed by atoms with E-state index in [1.807, 2.05) is 0 Å². The number of hydrogen-bond donors (Lipinski definition) is 2. The third-order valence-electron chi connectivity index (χ3n) is 2.52. The monoisotopic (exact) mass is 306 g/mol. The van der Waals surface area contributed by atoms with E-state index in [0.29, 0.717) is 25.7 Å². The minimum atomic E-state index is -3.43. The molecule has 0 amide bonds. The van der Waals surface area contributed by atoms with Gasteiger partial charge in [0.25, 0.3) is 0 Å². The number of hydrogen-bond acceptors (Lipinski definition) is 5. The predicted molar refractivity (Wildman–Crippen MR) is 77.7 cm³/mol. The average molecular weight is 306 g/mol. The predicted octanol–water partition coefficient (Wildman–Crippen LogP) is 1.55. The van der Waals surface area contributed by atoms with Crippen molar-refractivity contribution in [3.63, 3.8) is 0 Å². The van der Waals surface area contributed by atoms with Crippen molar-refractivity contribution < 1.29 is 13.2 Å². The fraction of sp³-hybridized carbons (Fsp3) is 0.667. The van der Waals surface area contributed by atoms with Crippen molar-refractivity contribution in [2.24, 2.45) is 11.7 Å². The summed E-state index contributed by atoms with van der Waals surface area (Å²) in [6.45, 7) is 5.94. The third-order valence-corrected chi connectivity index (χ3v) is 5.07. The molecular weight excluding hydrogens is 284 g/mol. The molecule has 0 saturated carbocycles. The Morgan fingerprint density at radius 3 is 2.74 bits per heavy atom. The molecule has 0 radical (unpaired) electrons. The normalized spacial score (nSPS) is 12.2. The lowest BCUT2D eigenvalue weighted by Gasteiger charge is -2.07. The van der Waals surface area contributed by atoms with Gasteiger partial charge in [0.15, 0.2) is 0 Å². The van der Waals surface area contributed by atoms with Gasteiger partial charge in [-0.25, -0.2) is 13.1 Å². The Bertz CT molecular complexity index is 469. The SMILES string of the molecule is CC(C)CCOCCNS(=O)(=O)c1csc(CN)c1. The lowest BCUT2D eigenvalue weighted by atomic mass is 10.1. The van der Waals surface area contributed by atoms with Gasteiger partial charge in [0.1, 0.15) is 0 Å². The van der Waals surface area contributed by atoms with Crippen molar-refractivity contribution in [3.8, 4) is 0 Å². The molecule has 1 heterocycles. The van der Waals surface area contributed by atoms with Gasteiger partial charge >= 0.3 is 0 Å². The first kappa shape index (κ1) is 16.6. The summed E-state index contributed by atoms with van der Waals surface area (Å²) in [4.78, 5) is 1.13. The summed E-state index contributed by atoms with van der Waals surface area (Å²) in [5.74, 6) is 0.595. The number of sulfonamides is 1. The van der Waals surface area contributed by atoms with Crippen molar-refractivity contribution in [1.82, 2.24) is 4.72 Å². The molecule has 110 valence electrons. The minimum Gasteiger partial charge on any atom is -0.380 e. The Balaban J connectivity index is 2.31. The molecule has 0 fully saturated rings. The standard InChI is InChI=1S/C12H22N2O3S2/c1-10(2)3-5-17-6-4-14-19(15,16)12-7-11(8-13)18-9-12/h7,9-10,14H,3-6,8,13H2,1-2H3. The summed E-state index contributed by atoms with van der Waals surface area (Å²) in [6.07, 6.45) is 0.983. The molecule has 0 atom stereocenters. The summed E-state index contributed by atoms with van der Waals surface area (Å²) >= 11 is 1.35. The summed E-state index contributed by atoms with van der Waals surface area (Å²) in [5, 5.41) is 1.60. The zero-order chi connectivity index (χ0) is 14.3. The van der Waals surface area contributed by atoms with Crippen LogP contribution in [0.1, 0.15) is 25.1 Å². The molecule has 0 aliphatic rings. The molecule has 1 rings (SSSR count). The molecule has 3 N–H and O–H groups in total. The average Bonchev–Trinajstić information content (AvgIpc) is 2.82. The Labute approximate surface area is 119 Å². The van der Waals surface area contributed by atoms with Gasteiger partial charge in [0, 0.05) is 30.0 Å². The van der Waals surface area contributed by atoms with Gasteiger partial charge in [0.2, 0.25) is 10.0 Å². The highest BCUT2D eigenvalue weighted by atomic mass is 32.2. The number of thiophene rings is 1. The van der Waals surface area contributed by atoms with Crippen LogP contribution in [-0.4, -0.2) is 28.2 Å². The Hall–Kier alpha value is -0.470. The molecule has 0 unspecified atom stereocenters. The van der Waals surface area contributed by atoms with Crippen LogP contribution >= 0.6 is 11.3 Å². The lowest BCUT2D eigenvalue weighted by Crippen LogP contribution is -2.27. The van der Waals surface area contributed by atoms with Gasteiger partial charge in [-0.1, -0.05) is 13.8 Å². The van der Waals surface area contributed by atoms with Crippen molar-refractivity contribution >= 4 is 21.4 Å². The van der Waals surface area contributed by atoms with Crippen LogP contribution in [0.2, 0.25) is 0 Å². The highest BCUT2D eigenvalue weighted by molar-refractivity contribution is 7.89. The van der Waals surface area contributed by atoms with E-state index in [1.54, 1.807) is 11.4 Å². The van der Waals surface area contributed by atoms with Crippen molar-refractivity contribution in [2.45, 2.75) is 31.7 Å². The molecule has 19 heavy (non-hydrogen) atoms. The van der Waals surface area contributed by atoms with E-state index in [4.69, 9.17) is 10.5 Å². The van der Waals surface area contributed by atoms with Gasteiger partial charge in [-0.15, -0.1) is 11.3 Å². The van der Waals surface area contributed by atoms with E-state index in [2.05, 4.69) is 18.6 Å². The number of ether oxygens (including phenoxy) is 1. The van der Waals surface area contributed by atoms with E-state index < -0.39 is 10.0 Å². The van der Waals surface area contributed by atoms with Crippen LogP contribution in [0.25, 0.3) is 0 Å². The molecule has 0 aliphatic carbocycles. The van der Waals surface area contributed by atoms with Crippen molar-refractivity contribution in [3.05, 3.63) is 16.3 Å². The van der Waals surface area contributed by atoms with E-state index in [9.17, 15) is 8.42 Å². The molecule has 7 heteroatoms. The van der Waals surface area contributed by atoms with Gasteiger partial charge in [-0.05, 0) is 18.4 Å². The largest absolute Gasteiger partial charge is 0.380 e. The molecule has 0 spiro atoms. The van der Waals surface area contributed by atoms with Gasteiger partial charge in [0.05, 0.1) is 11.5 Å². The second-order valence-corrected chi connectivity index (χ2v) is 7.41. The van der Waals surface area contributed by atoms with Crippen LogP contribution in [0.15, 0.2) is 16.3 Å². The van der Waals surface area contributed by atoms with Crippen LogP contribution in [0, 0.1) is 5.92 Å². The Morgan fingerprint density at radius 1 is 1.42 bits per heavy atom. The fourth-order valence-electron chi connectivity index (χ4n) is 1.36. The maximum Gasteiger partial charge on any atom is 0.241 e. The van der Waals surface area contributed by atoms with Crippen LogP contribution in [0.5, 0.6) is 0 Å². The smallest absolute Gasteiger partial charge is 0.241 e. The van der Waals surface area contributed by atoms with Gasteiger partial charge in [-0.3, -0.25) is 0 Å². The number of rotatable bonds is 9. The molecule has 0 aliphatic heterocycles.